The third-order valence-electron chi connectivity index (χ3n) is 18.1. The van der Waals surface area contributed by atoms with Crippen molar-refractivity contribution in [1.82, 2.24) is 9.13 Å². The third-order valence-corrected chi connectivity index (χ3v) is 18.1. The number of hydrogen-bond donors (Lipinski definition) is 0. The van der Waals surface area contributed by atoms with E-state index in [1.54, 1.807) is 0 Å². The minimum atomic E-state index is 0.0700. The van der Waals surface area contributed by atoms with Gasteiger partial charge in [0.15, 0.2) is 0 Å². The molecule has 3 nitrogen and oxygen atoms in total. The number of hydrogen-bond acceptors (Lipinski definition) is 1. The summed E-state index contributed by atoms with van der Waals surface area (Å²) in [5, 5.41) is 20.2. The maximum Gasteiger partial charge on any atom is 0.0619 e. The van der Waals surface area contributed by atoms with Gasteiger partial charge in [-0.15, -0.1) is 0 Å². The Balaban J connectivity index is 0.822. The maximum absolute atomic E-state index is 2.49. The van der Waals surface area contributed by atoms with E-state index in [9.17, 15) is 0 Å². The Bertz CT molecular complexity index is 5270. The summed E-state index contributed by atoms with van der Waals surface area (Å²) in [5.41, 5.74) is 17.0. The topological polar surface area (TPSA) is 13.1 Å². The van der Waals surface area contributed by atoms with Crippen LogP contribution < -0.4 is 4.90 Å². The SMILES string of the molecule is c1ccc2c3c(ccc2c1)C(c1ccc(N(c2ccc(-n4c5ccc6ccccc6c5c5ccc6ccccc6c54)cc2)c2ccc(-n4c5ccc6ccccc6c5c5ccc6ccccc6c54)cc2)cc1)c1c-3ccc2ccccc12. The van der Waals surface area contributed by atoms with Gasteiger partial charge in [0.05, 0.1) is 22.1 Å². The molecule has 0 saturated heterocycles. The number of aromatic nitrogens is 2. The van der Waals surface area contributed by atoms with Crippen LogP contribution in [0.4, 0.5) is 17.1 Å². The summed E-state index contributed by atoms with van der Waals surface area (Å²) < 4.78 is 4.97. The lowest BCUT2D eigenvalue weighted by Gasteiger charge is -2.27. The number of rotatable bonds is 6. The van der Waals surface area contributed by atoms with Gasteiger partial charge < -0.3 is 14.0 Å². The van der Waals surface area contributed by atoms with Gasteiger partial charge in [0.1, 0.15) is 0 Å². The van der Waals surface area contributed by atoms with Crippen LogP contribution in [0.2, 0.25) is 0 Å². The fourth-order valence-corrected chi connectivity index (χ4v) is 14.6. The molecule has 0 radical (unpaired) electrons. The highest BCUT2D eigenvalue weighted by atomic mass is 15.1. The molecule has 15 aromatic carbocycles. The monoisotopic (exact) mass is 1040 g/mol. The zero-order valence-electron chi connectivity index (χ0n) is 44.6. The molecule has 0 N–H and O–H groups in total. The molecule has 0 amide bonds. The summed E-state index contributed by atoms with van der Waals surface area (Å²) in [7, 11) is 0. The van der Waals surface area contributed by atoms with E-state index in [-0.39, 0.29) is 5.92 Å². The van der Waals surface area contributed by atoms with Gasteiger partial charge in [0.2, 0.25) is 0 Å². The lowest BCUT2D eigenvalue weighted by Crippen LogP contribution is -2.11. The van der Waals surface area contributed by atoms with Gasteiger partial charge in [-0.1, -0.05) is 218 Å². The molecule has 18 rings (SSSR count). The van der Waals surface area contributed by atoms with Crippen molar-refractivity contribution >= 4 is 125 Å². The maximum atomic E-state index is 2.49. The minimum absolute atomic E-state index is 0.0700. The minimum Gasteiger partial charge on any atom is -0.311 e. The van der Waals surface area contributed by atoms with Crippen molar-refractivity contribution in [3.8, 4) is 22.5 Å². The summed E-state index contributed by atoms with van der Waals surface area (Å²) in [5.74, 6) is 0.0700. The van der Waals surface area contributed by atoms with E-state index >= 15 is 0 Å². The molecule has 1 unspecified atom stereocenters. The molecule has 3 heteroatoms. The summed E-state index contributed by atoms with van der Waals surface area (Å²) in [6, 6.07) is 109. The predicted molar refractivity (Wildman–Crippen MR) is 348 cm³/mol. The van der Waals surface area contributed by atoms with E-state index in [2.05, 4.69) is 305 Å². The van der Waals surface area contributed by atoms with Crippen LogP contribution in [-0.4, -0.2) is 9.13 Å². The molecule has 2 heterocycles. The van der Waals surface area contributed by atoms with E-state index in [0.717, 1.165) is 28.4 Å². The molecule has 1 atom stereocenters. The van der Waals surface area contributed by atoms with Crippen molar-refractivity contribution in [3.63, 3.8) is 0 Å². The zero-order valence-corrected chi connectivity index (χ0v) is 44.6. The van der Waals surface area contributed by atoms with E-state index in [0.29, 0.717) is 0 Å². The number of fused-ring (bicyclic) bond motifs is 21. The van der Waals surface area contributed by atoms with E-state index in [1.807, 2.05) is 0 Å². The van der Waals surface area contributed by atoms with Gasteiger partial charge in [0, 0.05) is 66.7 Å². The van der Waals surface area contributed by atoms with Gasteiger partial charge in [0.25, 0.3) is 0 Å². The molecule has 0 spiro atoms. The Hall–Kier alpha value is -10.7. The predicted octanol–water partition coefficient (Wildman–Crippen LogP) is 21.4. The van der Waals surface area contributed by atoms with Crippen LogP contribution in [0, 0.1) is 0 Å². The quantitative estimate of drug-likeness (QED) is 0.162. The van der Waals surface area contributed by atoms with Gasteiger partial charge in [-0.2, -0.15) is 0 Å². The Morgan fingerprint density at radius 1 is 0.268 bits per heavy atom. The Labute approximate surface area is 473 Å². The number of nitrogens with zero attached hydrogens (tertiary/aromatic N) is 3. The van der Waals surface area contributed by atoms with Gasteiger partial charge in [-0.3, -0.25) is 0 Å². The lowest BCUT2D eigenvalue weighted by molar-refractivity contribution is 1.03. The molecule has 1 aliphatic carbocycles. The lowest BCUT2D eigenvalue weighted by atomic mass is 9.86. The van der Waals surface area contributed by atoms with Crippen molar-refractivity contribution in [2.24, 2.45) is 0 Å². The second kappa shape index (κ2) is 17.4. The first-order valence-corrected chi connectivity index (χ1v) is 28.5. The summed E-state index contributed by atoms with van der Waals surface area (Å²) >= 11 is 0. The molecule has 380 valence electrons. The van der Waals surface area contributed by atoms with Crippen molar-refractivity contribution in [1.29, 1.82) is 0 Å². The van der Waals surface area contributed by atoms with Gasteiger partial charge in [-0.05, 0) is 154 Å². The van der Waals surface area contributed by atoms with Crippen molar-refractivity contribution in [3.05, 3.63) is 308 Å². The smallest absolute Gasteiger partial charge is 0.0619 e. The van der Waals surface area contributed by atoms with Gasteiger partial charge in [-0.25, -0.2) is 0 Å². The van der Waals surface area contributed by atoms with Crippen LogP contribution in [0.5, 0.6) is 0 Å². The Kier molecular flexibility index (Phi) is 9.57. The molecule has 17 aromatic rings. The first-order valence-electron chi connectivity index (χ1n) is 28.5. The summed E-state index contributed by atoms with van der Waals surface area (Å²) in [6.45, 7) is 0. The first kappa shape index (κ1) is 45.2. The highest BCUT2D eigenvalue weighted by Gasteiger charge is 2.33. The van der Waals surface area contributed by atoms with Crippen LogP contribution >= 0.6 is 0 Å². The fraction of sp³-hybridized carbons (Fsp3) is 0.0127. The molecular formula is C79H49N3. The average molecular weight is 1040 g/mol. The highest BCUT2D eigenvalue weighted by Crippen LogP contribution is 2.54. The summed E-state index contributed by atoms with van der Waals surface area (Å²) in [6.07, 6.45) is 0. The van der Waals surface area contributed by atoms with Crippen LogP contribution in [0.3, 0.4) is 0 Å². The standard InChI is InChI=1S/C79H49N3/c1-7-19-61-49(13-1)27-43-67-73(77-64-22-10-4-14-50(64)28-44-68(77)74(61)67)55-25-33-56(34-26-55)80(57-35-39-59(40-36-57)81-71-47-31-51-15-2-8-20-62(51)75(71)69-45-29-53-17-5-11-23-65(53)78(69)81)58-37-41-60(42-38-58)82-72-48-32-52-16-3-9-21-63(52)76(72)70-46-30-54-18-6-12-24-66(54)79(70)82/h1-48,73H. The zero-order chi connectivity index (χ0) is 53.6. The largest absolute Gasteiger partial charge is 0.311 e. The Morgan fingerprint density at radius 3 is 1.13 bits per heavy atom. The van der Waals surface area contributed by atoms with Crippen LogP contribution in [0.15, 0.2) is 291 Å². The highest BCUT2D eigenvalue weighted by molar-refractivity contribution is 6.27. The molecule has 0 aliphatic heterocycles. The number of benzene rings is 15. The van der Waals surface area contributed by atoms with Crippen LogP contribution in [0.25, 0.3) is 131 Å². The second-order valence-electron chi connectivity index (χ2n) is 22.3. The molecule has 0 bridgehead atoms. The van der Waals surface area contributed by atoms with Crippen molar-refractivity contribution in [2.75, 3.05) is 4.90 Å². The van der Waals surface area contributed by atoms with Crippen LogP contribution in [0.1, 0.15) is 22.6 Å². The van der Waals surface area contributed by atoms with E-state index < -0.39 is 0 Å². The van der Waals surface area contributed by atoms with Crippen molar-refractivity contribution in [2.45, 2.75) is 5.92 Å². The third kappa shape index (κ3) is 6.47. The molecule has 0 saturated carbocycles. The normalized spacial score (nSPS) is 13.2. The number of anilines is 3. The molecule has 2 aromatic heterocycles. The van der Waals surface area contributed by atoms with Gasteiger partial charge >= 0.3 is 0 Å². The van der Waals surface area contributed by atoms with E-state index in [4.69, 9.17) is 0 Å². The fourth-order valence-electron chi connectivity index (χ4n) is 14.6. The average Bonchev–Trinajstić information content (AvgIpc) is 2.85. The first-order chi connectivity index (χ1) is 40.7. The molecular weight excluding hydrogens is 991 g/mol. The van der Waals surface area contributed by atoms with Crippen LogP contribution in [-0.2, 0) is 0 Å². The Morgan fingerprint density at radius 2 is 0.634 bits per heavy atom. The van der Waals surface area contributed by atoms with Crippen molar-refractivity contribution < 1.29 is 0 Å². The van der Waals surface area contributed by atoms with E-state index in [1.165, 1.54) is 136 Å². The molecule has 82 heavy (non-hydrogen) atoms. The molecule has 0 fully saturated rings. The molecule has 1 aliphatic rings. The summed E-state index contributed by atoms with van der Waals surface area (Å²) in [4.78, 5) is 2.43. The second-order valence-corrected chi connectivity index (χ2v) is 22.3.